The first-order valence-electron chi connectivity index (χ1n) is 6.94. The number of nitrogens with one attached hydrogen (secondary N) is 1. The van der Waals surface area contributed by atoms with E-state index in [1.165, 1.54) is 5.56 Å². The van der Waals surface area contributed by atoms with Gasteiger partial charge in [0.1, 0.15) is 0 Å². The van der Waals surface area contributed by atoms with Crippen LogP contribution in [0.3, 0.4) is 0 Å². The van der Waals surface area contributed by atoms with Crippen LogP contribution in [0.1, 0.15) is 37.0 Å². The fraction of sp³-hybridized carbons (Fsp3) is 0.467. The summed E-state index contributed by atoms with van der Waals surface area (Å²) in [4.78, 5) is 4.47. The molecule has 5 heteroatoms. The summed E-state index contributed by atoms with van der Waals surface area (Å²) in [6, 6.07) is 8.57. The number of nitrogens with zero attached hydrogens (tertiary/aromatic N) is 2. The molecule has 0 fully saturated rings. The van der Waals surface area contributed by atoms with E-state index in [0.717, 1.165) is 29.6 Å². The maximum Gasteiger partial charge on any atom is 0.228 e. The highest BCUT2D eigenvalue weighted by molar-refractivity contribution is 9.10. The number of aromatic nitrogens is 2. The van der Waals surface area contributed by atoms with Gasteiger partial charge in [-0.15, -0.1) is 0 Å². The van der Waals surface area contributed by atoms with E-state index in [1.54, 1.807) is 0 Å². The Morgan fingerprint density at radius 2 is 2.05 bits per heavy atom. The lowest BCUT2D eigenvalue weighted by molar-refractivity contribution is 0.352. The van der Waals surface area contributed by atoms with Crippen molar-refractivity contribution >= 4 is 15.9 Å². The van der Waals surface area contributed by atoms with Gasteiger partial charge in [0.05, 0.1) is 0 Å². The van der Waals surface area contributed by atoms with Crippen LogP contribution in [0.2, 0.25) is 0 Å². The van der Waals surface area contributed by atoms with Gasteiger partial charge >= 0.3 is 0 Å². The SMILES string of the molecule is CCCC(Cc1nc(Cc2ccc(Br)cc2)no1)NC. The minimum atomic E-state index is 0.404. The Balaban J connectivity index is 1.96. The van der Waals surface area contributed by atoms with Gasteiger partial charge in [0.2, 0.25) is 5.89 Å². The molecule has 0 spiro atoms. The Morgan fingerprint density at radius 1 is 1.30 bits per heavy atom. The molecule has 2 rings (SSSR count). The van der Waals surface area contributed by atoms with Gasteiger partial charge in [0.15, 0.2) is 5.82 Å². The van der Waals surface area contributed by atoms with E-state index in [0.29, 0.717) is 18.4 Å². The Hall–Kier alpha value is -1.20. The smallest absolute Gasteiger partial charge is 0.228 e. The Labute approximate surface area is 128 Å². The summed E-state index contributed by atoms with van der Waals surface area (Å²) < 4.78 is 6.40. The van der Waals surface area contributed by atoms with Gasteiger partial charge in [0, 0.05) is 23.4 Å². The second-order valence-corrected chi connectivity index (χ2v) is 5.80. The molecule has 108 valence electrons. The van der Waals surface area contributed by atoms with Crippen molar-refractivity contribution in [1.82, 2.24) is 15.5 Å². The van der Waals surface area contributed by atoms with Crippen LogP contribution in [-0.2, 0) is 12.8 Å². The summed E-state index contributed by atoms with van der Waals surface area (Å²) >= 11 is 3.43. The van der Waals surface area contributed by atoms with Gasteiger partial charge in [-0.1, -0.05) is 46.6 Å². The van der Waals surface area contributed by atoms with Crippen LogP contribution in [0, 0.1) is 0 Å². The summed E-state index contributed by atoms with van der Waals surface area (Å²) in [6.07, 6.45) is 3.75. The monoisotopic (exact) mass is 337 g/mol. The molecule has 0 amide bonds. The van der Waals surface area contributed by atoms with Gasteiger partial charge in [-0.2, -0.15) is 4.98 Å². The van der Waals surface area contributed by atoms with Crippen LogP contribution in [0.5, 0.6) is 0 Å². The molecule has 20 heavy (non-hydrogen) atoms. The van der Waals surface area contributed by atoms with Crippen molar-refractivity contribution in [3.8, 4) is 0 Å². The quantitative estimate of drug-likeness (QED) is 0.841. The third-order valence-corrected chi connectivity index (χ3v) is 3.78. The van der Waals surface area contributed by atoms with Crippen LogP contribution in [0.4, 0.5) is 0 Å². The molecule has 0 aliphatic rings. The van der Waals surface area contributed by atoms with E-state index in [-0.39, 0.29) is 0 Å². The topological polar surface area (TPSA) is 51.0 Å². The molecule has 4 nitrogen and oxygen atoms in total. The van der Waals surface area contributed by atoms with Gasteiger partial charge in [-0.3, -0.25) is 0 Å². The maximum absolute atomic E-state index is 5.33. The summed E-state index contributed by atoms with van der Waals surface area (Å²) in [7, 11) is 1.97. The summed E-state index contributed by atoms with van der Waals surface area (Å²) in [5.74, 6) is 1.46. The van der Waals surface area contributed by atoms with E-state index in [2.05, 4.69) is 50.4 Å². The Kier molecular flexibility index (Phi) is 5.73. The summed E-state index contributed by atoms with van der Waals surface area (Å²) in [5, 5.41) is 7.34. The first-order chi connectivity index (χ1) is 9.71. The van der Waals surface area contributed by atoms with Crippen LogP contribution in [0.15, 0.2) is 33.3 Å². The van der Waals surface area contributed by atoms with Gasteiger partial charge in [0.25, 0.3) is 0 Å². The highest BCUT2D eigenvalue weighted by Crippen LogP contribution is 2.13. The molecule has 2 aromatic rings. The van der Waals surface area contributed by atoms with Gasteiger partial charge in [-0.05, 0) is 31.2 Å². The molecular formula is C15H20BrN3O. The molecule has 0 aliphatic heterocycles. The maximum atomic E-state index is 5.33. The zero-order chi connectivity index (χ0) is 14.4. The summed E-state index contributed by atoms with van der Waals surface area (Å²) in [5.41, 5.74) is 1.18. The van der Waals surface area contributed by atoms with E-state index in [9.17, 15) is 0 Å². The third kappa shape index (κ3) is 4.42. The van der Waals surface area contributed by atoms with E-state index < -0.39 is 0 Å². The average molecular weight is 338 g/mol. The average Bonchev–Trinajstić information content (AvgIpc) is 2.88. The molecule has 1 N–H and O–H groups in total. The second-order valence-electron chi connectivity index (χ2n) is 4.89. The first kappa shape index (κ1) is 15.2. The van der Waals surface area contributed by atoms with Crippen molar-refractivity contribution in [2.45, 2.75) is 38.6 Å². The van der Waals surface area contributed by atoms with Crippen molar-refractivity contribution in [1.29, 1.82) is 0 Å². The van der Waals surface area contributed by atoms with E-state index in [1.807, 2.05) is 19.2 Å². The lowest BCUT2D eigenvalue weighted by Crippen LogP contribution is -2.27. The fourth-order valence-corrected chi connectivity index (χ4v) is 2.40. The number of likely N-dealkylation sites (N-methyl/N-ethyl adjacent to an activating group) is 1. The Morgan fingerprint density at radius 3 is 2.70 bits per heavy atom. The molecule has 0 aliphatic carbocycles. The van der Waals surface area contributed by atoms with E-state index >= 15 is 0 Å². The first-order valence-corrected chi connectivity index (χ1v) is 7.73. The normalized spacial score (nSPS) is 12.6. The minimum Gasteiger partial charge on any atom is -0.339 e. The Bertz CT molecular complexity index is 524. The highest BCUT2D eigenvalue weighted by Gasteiger charge is 2.12. The minimum absolute atomic E-state index is 0.404. The van der Waals surface area contributed by atoms with Crippen LogP contribution in [0.25, 0.3) is 0 Å². The number of hydrogen-bond acceptors (Lipinski definition) is 4. The molecule has 0 radical (unpaired) electrons. The number of rotatable bonds is 7. The largest absolute Gasteiger partial charge is 0.339 e. The molecule has 1 unspecified atom stereocenters. The van der Waals surface area contributed by atoms with Crippen LogP contribution in [-0.4, -0.2) is 23.2 Å². The molecule has 1 atom stereocenters. The van der Waals surface area contributed by atoms with Crippen molar-refractivity contribution < 1.29 is 4.52 Å². The summed E-state index contributed by atoms with van der Waals surface area (Å²) in [6.45, 7) is 2.18. The number of hydrogen-bond donors (Lipinski definition) is 1. The second kappa shape index (κ2) is 7.55. The van der Waals surface area contributed by atoms with E-state index in [4.69, 9.17) is 4.52 Å². The van der Waals surface area contributed by atoms with Crippen molar-refractivity contribution in [3.05, 3.63) is 46.0 Å². The lowest BCUT2D eigenvalue weighted by atomic mass is 10.1. The van der Waals surface area contributed by atoms with Crippen molar-refractivity contribution in [2.75, 3.05) is 7.05 Å². The predicted molar refractivity (Wildman–Crippen MR) is 82.7 cm³/mol. The molecule has 1 aromatic carbocycles. The standard InChI is InChI=1S/C15H20BrN3O/c1-3-4-13(17-2)10-15-18-14(19-20-15)9-11-5-7-12(16)8-6-11/h5-8,13,17H,3-4,9-10H2,1-2H3. The molecule has 1 aromatic heterocycles. The zero-order valence-electron chi connectivity index (χ0n) is 11.9. The molecular weight excluding hydrogens is 318 g/mol. The molecule has 1 heterocycles. The van der Waals surface area contributed by atoms with Crippen LogP contribution < -0.4 is 5.32 Å². The van der Waals surface area contributed by atoms with Gasteiger partial charge in [-0.25, -0.2) is 0 Å². The van der Waals surface area contributed by atoms with Crippen molar-refractivity contribution in [3.63, 3.8) is 0 Å². The molecule has 0 saturated heterocycles. The number of halogens is 1. The van der Waals surface area contributed by atoms with Crippen LogP contribution >= 0.6 is 15.9 Å². The molecule has 0 bridgehead atoms. The molecule has 0 saturated carbocycles. The predicted octanol–water partition coefficient (Wildman–Crippen LogP) is 3.35. The lowest BCUT2D eigenvalue weighted by Gasteiger charge is -2.11. The zero-order valence-corrected chi connectivity index (χ0v) is 13.5. The number of benzene rings is 1. The van der Waals surface area contributed by atoms with Crippen molar-refractivity contribution in [2.24, 2.45) is 0 Å². The third-order valence-electron chi connectivity index (χ3n) is 3.25. The fourth-order valence-electron chi connectivity index (χ4n) is 2.14. The highest BCUT2D eigenvalue weighted by atomic mass is 79.9. The van der Waals surface area contributed by atoms with Gasteiger partial charge < -0.3 is 9.84 Å².